The summed E-state index contributed by atoms with van der Waals surface area (Å²) in [5.74, 6) is 0.558. The zero-order valence-corrected chi connectivity index (χ0v) is 15.2. The zero-order chi connectivity index (χ0) is 16.7. The quantitative estimate of drug-likeness (QED) is 0.561. The Balaban J connectivity index is 1.89. The Hall–Kier alpha value is -0.830. The van der Waals surface area contributed by atoms with Crippen LogP contribution in [0.25, 0.3) is 0 Å². The van der Waals surface area contributed by atoms with E-state index in [2.05, 4.69) is 13.8 Å². The summed E-state index contributed by atoms with van der Waals surface area (Å²) in [4.78, 5) is 11.4. The SMILES string of the molecule is COCC1(C)CCCC2(C)C3=C(CCC(OC(C)=O)C3)CCC12. The van der Waals surface area contributed by atoms with Crippen LogP contribution in [0.4, 0.5) is 0 Å². The van der Waals surface area contributed by atoms with Crippen molar-refractivity contribution in [2.75, 3.05) is 13.7 Å². The van der Waals surface area contributed by atoms with Crippen LogP contribution < -0.4 is 0 Å². The molecule has 0 spiro atoms. The molecule has 1 fully saturated rings. The third-order valence-corrected chi connectivity index (χ3v) is 6.91. The molecule has 4 atom stereocenters. The van der Waals surface area contributed by atoms with Gasteiger partial charge in [0, 0.05) is 20.5 Å². The monoisotopic (exact) mass is 320 g/mol. The lowest BCUT2D eigenvalue weighted by Crippen LogP contribution is -2.49. The average Bonchev–Trinajstić information content (AvgIpc) is 2.47. The fourth-order valence-corrected chi connectivity index (χ4v) is 6.03. The van der Waals surface area contributed by atoms with Crippen LogP contribution in [-0.4, -0.2) is 25.8 Å². The van der Waals surface area contributed by atoms with Gasteiger partial charge in [0.2, 0.25) is 0 Å². The maximum Gasteiger partial charge on any atom is 0.302 e. The molecule has 3 aliphatic rings. The number of fused-ring (bicyclic) bond motifs is 2. The van der Waals surface area contributed by atoms with Crippen molar-refractivity contribution in [1.82, 2.24) is 0 Å². The van der Waals surface area contributed by atoms with Crippen LogP contribution in [-0.2, 0) is 14.3 Å². The molecular weight excluding hydrogens is 288 g/mol. The molecular formula is C20H32O3. The summed E-state index contributed by atoms with van der Waals surface area (Å²) in [5, 5.41) is 0. The van der Waals surface area contributed by atoms with E-state index in [1.165, 1.54) is 39.0 Å². The van der Waals surface area contributed by atoms with Crippen LogP contribution in [0.1, 0.15) is 72.1 Å². The maximum absolute atomic E-state index is 11.4. The molecule has 0 bridgehead atoms. The number of allylic oxidation sites excluding steroid dienone is 1. The van der Waals surface area contributed by atoms with Crippen LogP contribution in [0.3, 0.4) is 0 Å². The third kappa shape index (κ3) is 2.97. The Morgan fingerprint density at radius 1 is 1.22 bits per heavy atom. The highest BCUT2D eigenvalue weighted by molar-refractivity contribution is 5.66. The summed E-state index contributed by atoms with van der Waals surface area (Å²) in [7, 11) is 1.84. The minimum atomic E-state index is -0.135. The molecule has 0 aromatic heterocycles. The predicted molar refractivity (Wildman–Crippen MR) is 91.1 cm³/mol. The van der Waals surface area contributed by atoms with Crippen molar-refractivity contribution in [3.8, 4) is 0 Å². The van der Waals surface area contributed by atoms with Gasteiger partial charge in [0.05, 0.1) is 6.61 Å². The number of esters is 1. The van der Waals surface area contributed by atoms with Crippen molar-refractivity contribution in [3.05, 3.63) is 11.1 Å². The number of carbonyl (C=O) groups is 1. The summed E-state index contributed by atoms with van der Waals surface area (Å²) in [6.45, 7) is 7.31. The molecule has 4 unspecified atom stereocenters. The van der Waals surface area contributed by atoms with Gasteiger partial charge in [-0.05, 0) is 55.3 Å². The van der Waals surface area contributed by atoms with E-state index < -0.39 is 0 Å². The average molecular weight is 320 g/mol. The highest BCUT2D eigenvalue weighted by Gasteiger charge is 2.53. The van der Waals surface area contributed by atoms with E-state index in [-0.39, 0.29) is 22.9 Å². The summed E-state index contributed by atoms with van der Waals surface area (Å²) in [6, 6.07) is 0. The minimum absolute atomic E-state index is 0.0948. The second kappa shape index (κ2) is 6.23. The molecule has 3 aliphatic carbocycles. The third-order valence-electron chi connectivity index (χ3n) is 6.91. The molecule has 0 aliphatic heterocycles. The largest absolute Gasteiger partial charge is 0.462 e. The van der Waals surface area contributed by atoms with E-state index in [4.69, 9.17) is 9.47 Å². The van der Waals surface area contributed by atoms with Crippen molar-refractivity contribution in [2.24, 2.45) is 16.7 Å². The van der Waals surface area contributed by atoms with Gasteiger partial charge in [-0.3, -0.25) is 4.79 Å². The highest BCUT2D eigenvalue weighted by atomic mass is 16.5. The Labute approximate surface area is 140 Å². The first-order valence-corrected chi connectivity index (χ1v) is 9.26. The molecule has 0 amide bonds. The van der Waals surface area contributed by atoms with Gasteiger partial charge < -0.3 is 9.47 Å². The number of hydrogen-bond donors (Lipinski definition) is 0. The fraction of sp³-hybridized carbons (Fsp3) is 0.850. The van der Waals surface area contributed by atoms with E-state index in [9.17, 15) is 4.79 Å². The first-order chi connectivity index (χ1) is 10.9. The van der Waals surface area contributed by atoms with E-state index in [0.29, 0.717) is 5.92 Å². The Morgan fingerprint density at radius 2 is 1.96 bits per heavy atom. The Bertz CT molecular complexity index is 505. The van der Waals surface area contributed by atoms with Gasteiger partial charge in [-0.15, -0.1) is 0 Å². The van der Waals surface area contributed by atoms with Crippen molar-refractivity contribution >= 4 is 5.97 Å². The van der Waals surface area contributed by atoms with E-state index in [1.807, 2.05) is 7.11 Å². The number of rotatable bonds is 3. The second-order valence-corrected chi connectivity index (χ2v) is 8.51. The zero-order valence-electron chi connectivity index (χ0n) is 15.2. The Kier molecular flexibility index (Phi) is 4.61. The predicted octanol–water partition coefficient (Wildman–Crippen LogP) is 4.65. The smallest absolute Gasteiger partial charge is 0.302 e. The number of hydrogen-bond acceptors (Lipinski definition) is 3. The van der Waals surface area contributed by atoms with Crippen LogP contribution >= 0.6 is 0 Å². The molecule has 0 radical (unpaired) electrons. The summed E-state index contributed by atoms with van der Waals surface area (Å²) in [5.41, 5.74) is 3.87. The molecule has 0 heterocycles. The van der Waals surface area contributed by atoms with Gasteiger partial charge in [-0.2, -0.15) is 0 Å². The van der Waals surface area contributed by atoms with E-state index in [1.54, 1.807) is 11.1 Å². The number of ether oxygens (including phenoxy) is 2. The standard InChI is InChI=1S/C20H32O3/c1-14(21)23-16-8-6-15-7-9-18-19(2,13-22-4)10-5-11-20(18,3)17(15)12-16/h16,18H,5-13H2,1-4H3. The minimum Gasteiger partial charge on any atom is -0.462 e. The molecule has 0 aromatic carbocycles. The van der Waals surface area contributed by atoms with E-state index in [0.717, 1.165) is 25.9 Å². The summed E-state index contributed by atoms with van der Waals surface area (Å²) < 4.78 is 11.2. The van der Waals surface area contributed by atoms with Crippen LogP contribution in [0, 0.1) is 16.7 Å². The summed E-state index contributed by atoms with van der Waals surface area (Å²) >= 11 is 0. The second-order valence-electron chi connectivity index (χ2n) is 8.51. The van der Waals surface area contributed by atoms with Gasteiger partial charge >= 0.3 is 5.97 Å². The fourth-order valence-electron chi connectivity index (χ4n) is 6.03. The van der Waals surface area contributed by atoms with Gasteiger partial charge in [0.25, 0.3) is 0 Å². The van der Waals surface area contributed by atoms with Crippen molar-refractivity contribution < 1.29 is 14.3 Å². The van der Waals surface area contributed by atoms with Crippen LogP contribution in [0.5, 0.6) is 0 Å². The number of carbonyl (C=O) groups excluding carboxylic acids is 1. The molecule has 23 heavy (non-hydrogen) atoms. The van der Waals surface area contributed by atoms with E-state index >= 15 is 0 Å². The van der Waals surface area contributed by atoms with Gasteiger partial charge in [0.15, 0.2) is 0 Å². The van der Waals surface area contributed by atoms with Crippen molar-refractivity contribution in [2.45, 2.75) is 78.2 Å². The maximum atomic E-state index is 11.4. The lowest BCUT2D eigenvalue weighted by atomic mass is 9.48. The summed E-state index contributed by atoms with van der Waals surface area (Å²) in [6.07, 6.45) is 9.56. The molecule has 130 valence electrons. The normalized spacial score (nSPS) is 40.3. The molecule has 0 saturated heterocycles. The Morgan fingerprint density at radius 3 is 2.65 bits per heavy atom. The molecule has 3 rings (SSSR count). The van der Waals surface area contributed by atoms with Gasteiger partial charge in [-0.25, -0.2) is 0 Å². The highest BCUT2D eigenvalue weighted by Crippen LogP contribution is 2.61. The molecule has 3 heteroatoms. The molecule has 0 N–H and O–H groups in total. The van der Waals surface area contributed by atoms with Crippen LogP contribution in [0.15, 0.2) is 11.1 Å². The molecule has 1 saturated carbocycles. The molecule has 3 nitrogen and oxygen atoms in total. The lowest BCUT2D eigenvalue weighted by Gasteiger charge is -2.57. The van der Waals surface area contributed by atoms with Gasteiger partial charge in [-0.1, -0.05) is 31.4 Å². The molecule has 0 aromatic rings. The van der Waals surface area contributed by atoms with Crippen LogP contribution in [0.2, 0.25) is 0 Å². The lowest BCUT2D eigenvalue weighted by molar-refractivity contribution is -0.147. The van der Waals surface area contributed by atoms with Crippen molar-refractivity contribution in [3.63, 3.8) is 0 Å². The topological polar surface area (TPSA) is 35.5 Å². The first-order valence-electron chi connectivity index (χ1n) is 9.26. The van der Waals surface area contributed by atoms with Crippen molar-refractivity contribution in [1.29, 1.82) is 0 Å². The number of methoxy groups -OCH3 is 1. The van der Waals surface area contributed by atoms with Gasteiger partial charge in [0.1, 0.15) is 6.10 Å². The first kappa shape index (κ1) is 17.0.